The molecule has 0 amide bonds. The Morgan fingerprint density at radius 1 is 0.812 bits per heavy atom. The number of carbonyl (C=O) groups excluding carboxylic acids is 4. The van der Waals surface area contributed by atoms with Crippen LogP contribution in [0.4, 0.5) is 0 Å². The van der Waals surface area contributed by atoms with Crippen LogP contribution in [-0.4, -0.2) is 23.9 Å². The molecule has 3 aliphatic carbocycles. The average molecular weight is 653 g/mol. The molecule has 1 saturated heterocycles. The largest absolute Gasteiger partial charge is 0.449 e. The van der Waals surface area contributed by atoms with Crippen molar-refractivity contribution in [1.82, 2.24) is 0 Å². The van der Waals surface area contributed by atoms with Crippen LogP contribution in [0.2, 0.25) is 0 Å². The van der Waals surface area contributed by atoms with E-state index in [0.717, 1.165) is 62.5 Å². The normalized spacial score (nSPS) is 27.2. The van der Waals surface area contributed by atoms with E-state index in [9.17, 15) is 19.2 Å². The first kappa shape index (κ1) is 32.4. The molecule has 0 bridgehead atoms. The molecule has 0 aromatic heterocycles. The van der Waals surface area contributed by atoms with E-state index in [0.29, 0.717) is 66.9 Å². The van der Waals surface area contributed by atoms with E-state index in [1.54, 1.807) is 24.3 Å². The van der Waals surface area contributed by atoms with Crippen LogP contribution < -0.4 is 9.47 Å². The summed E-state index contributed by atoms with van der Waals surface area (Å²) in [5.74, 6) is -0.760. The molecule has 2 spiro atoms. The van der Waals surface area contributed by atoms with Crippen LogP contribution in [0.3, 0.4) is 0 Å². The van der Waals surface area contributed by atoms with Crippen LogP contribution >= 0.6 is 0 Å². The van der Waals surface area contributed by atoms with Crippen molar-refractivity contribution in [3.63, 3.8) is 0 Å². The molecule has 48 heavy (non-hydrogen) atoms. The number of carbonyl (C=O) groups is 4. The Morgan fingerprint density at radius 3 is 2.10 bits per heavy atom. The standard InChI is InChI=1S/C40H44O8/c1-3-13-32(41)45-29-19-11-17-27(23-29)31-25-39(37(44)47-31)35-34(26-15-7-5-8-16-26)36(43)48-40(35,38(39)21-9-6-10-22-38)28-18-12-20-30(24-28)46-33(42)14-4-2/h11-12,17-20,23-25,35H,3-10,13-16,21-22H2,1-2H3. The summed E-state index contributed by atoms with van der Waals surface area (Å²) in [5, 5.41) is 0. The second kappa shape index (κ2) is 12.7. The van der Waals surface area contributed by atoms with Crippen LogP contribution in [0.15, 0.2) is 65.8 Å². The highest BCUT2D eigenvalue weighted by atomic mass is 16.6. The average Bonchev–Trinajstić information content (AvgIpc) is 3.60. The number of rotatable bonds is 8. The summed E-state index contributed by atoms with van der Waals surface area (Å²) in [6.07, 6.45) is 12.7. The number of ether oxygens (including phenoxy) is 4. The molecule has 252 valence electrons. The maximum atomic E-state index is 14.7. The molecule has 8 heteroatoms. The zero-order chi connectivity index (χ0) is 33.5. The fourth-order valence-electron chi connectivity index (χ4n) is 9.48. The van der Waals surface area contributed by atoms with Gasteiger partial charge in [0, 0.05) is 35.0 Å². The summed E-state index contributed by atoms with van der Waals surface area (Å²) in [4.78, 5) is 53.8. The van der Waals surface area contributed by atoms with Crippen molar-refractivity contribution < 1.29 is 38.1 Å². The number of benzene rings is 2. The molecule has 8 nitrogen and oxygen atoms in total. The van der Waals surface area contributed by atoms with Crippen LogP contribution in [0.1, 0.15) is 115 Å². The second-order valence-electron chi connectivity index (χ2n) is 14.0. The van der Waals surface area contributed by atoms with Gasteiger partial charge in [0.15, 0.2) is 5.60 Å². The Labute approximate surface area is 281 Å². The smallest absolute Gasteiger partial charge is 0.335 e. The molecule has 2 heterocycles. The Hall–Kier alpha value is -4.20. The lowest BCUT2D eigenvalue weighted by Gasteiger charge is -2.70. The van der Waals surface area contributed by atoms with E-state index in [1.165, 1.54) is 0 Å². The van der Waals surface area contributed by atoms with E-state index in [1.807, 2.05) is 44.2 Å². The lowest BCUT2D eigenvalue weighted by atomic mass is 9.31. The summed E-state index contributed by atoms with van der Waals surface area (Å²) >= 11 is 0. The molecule has 0 N–H and O–H groups in total. The van der Waals surface area contributed by atoms with E-state index in [2.05, 4.69) is 0 Å². The van der Waals surface area contributed by atoms with Crippen LogP contribution in [0.25, 0.3) is 5.76 Å². The maximum Gasteiger partial charge on any atom is 0.335 e. The molecule has 3 saturated carbocycles. The van der Waals surface area contributed by atoms with Crippen LogP contribution in [-0.2, 0) is 34.3 Å². The number of hydrogen-bond acceptors (Lipinski definition) is 8. The van der Waals surface area contributed by atoms with Crippen LogP contribution in [0, 0.1) is 16.7 Å². The predicted molar refractivity (Wildman–Crippen MR) is 177 cm³/mol. The molecule has 3 atom stereocenters. The number of cyclic esters (lactones) is 1. The minimum absolute atomic E-state index is 0.300. The molecule has 3 unspecified atom stereocenters. The fourth-order valence-corrected chi connectivity index (χ4v) is 9.48. The molecule has 4 fully saturated rings. The van der Waals surface area contributed by atoms with Crippen LogP contribution in [0.5, 0.6) is 11.5 Å². The van der Waals surface area contributed by atoms with Gasteiger partial charge in [0.25, 0.3) is 0 Å². The molecule has 2 aliphatic heterocycles. The van der Waals surface area contributed by atoms with E-state index < -0.39 is 22.3 Å². The molecule has 2 aromatic carbocycles. The van der Waals surface area contributed by atoms with E-state index in [4.69, 9.17) is 18.9 Å². The first-order valence-electron chi connectivity index (χ1n) is 17.8. The highest BCUT2D eigenvalue weighted by molar-refractivity contribution is 6.02. The zero-order valence-electron chi connectivity index (χ0n) is 27.9. The number of esters is 4. The summed E-state index contributed by atoms with van der Waals surface area (Å²) in [6, 6.07) is 14.5. The predicted octanol–water partition coefficient (Wildman–Crippen LogP) is 8.28. The summed E-state index contributed by atoms with van der Waals surface area (Å²) < 4.78 is 24.3. The van der Waals surface area contributed by atoms with Crippen molar-refractivity contribution in [1.29, 1.82) is 0 Å². The third-order valence-corrected chi connectivity index (χ3v) is 11.3. The number of allylic oxidation sites excluding steroid dienone is 1. The summed E-state index contributed by atoms with van der Waals surface area (Å²) in [6.45, 7) is 3.85. The lowest BCUT2D eigenvalue weighted by Crippen LogP contribution is -2.75. The minimum atomic E-state index is -1.14. The first-order valence-corrected chi connectivity index (χ1v) is 17.8. The van der Waals surface area contributed by atoms with E-state index in [-0.39, 0.29) is 23.9 Å². The van der Waals surface area contributed by atoms with Gasteiger partial charge in [-0.3, -0.25) is 14.4 Å². The van der Waals surface area contributed by atoms with Crippen molar-refractivity contribution in [2.45, 2.75) is 109 Å². The van der Waals surface area contributed by atoms with Gasteiger partial charge in [-0.25, -0.2) is 4.79 Å². The molecular weight excluding hydrogens is 608 g/mol. The van der Waals surface area contributed by atoms with Crippen molar-refractivity contribution in [2.75, 3.05) is 0 Å². The zero-order valence-corrected chi connectivity index (χ0v) is 27.9. The van der Waals surface area contributed by atoms with Crippen molar-refractivity contribution in [3.05, 3.63) is 76.9 Å². The van der Waals surface area contributed by atoms with Gasteiger partial charge < -0.3 is 18.9 Å². The number of hydrogen-bond donors (Lipinski definition) is 0. The first-order chi connectivity index (χ1) is 23.3. The highest BCUT2D eigenvalue weighted by Crippen LogP contribution is 2.83. The maximum absolute atomic E-state index is 14.7. The SMILES string of the molecule is CCCC(=O)Oc1cccc(C2=CC3(C(=O)O2)C2C(=C4CCCCC4)C(=O)OC2(c2cccc(OC(=O)CCC)c2)C32CCCCC2)c1. The molecule has 7 rings (SSSR count). The summed E-state index contributed by atoms with van der Waals surface area (Å²) in [5.41, 5.74) is 0.0435. The van der Waals surface area contributed by atoms with Crippen molar-refractivity contribution in [3.8, 4) is 11.5 Å². The Bertz CT molecular complexity index is 1700. The number of fused-ring (bicyclic) bond motifs is 4. The molecular formula is C40H44O8. The lowest BCUT2D eigenvalue weighted by molar-refractivity contribution is -0.285. The highest BCUT2D eigenvalue weighted by Gasteiger charge is 2.89. The van der Waals surface area contributed by atoms with Crippen molar-refractivity contribution in [2.24, 2.45) is 16.7 Å². The minimum Gasteiger partial charge on any atom is -0.449 e. The topological polar surface area (TPSA) is 105 Å². The third-order valence-electron chi connectivity index (χ3n) is 11.3. The van der Waals surface area contributed by atoms with Crippen molar-refractivity contribution >= 4 is 29.6 Å². The van der Waals surface area contributed by atoms with Gasteiger partial charge in [0.2, 0.25) is 0 Å². The van der Waals surface area contributed by atoms with Gasteiger partial charge in [-0.2, -0.15) is 0 Å². The van der Waals surface area contributed by atoms with Gasteiger partial charge in [0.1, 0.15) is 22.7 Å². The Kier molecular flexibility index (Phi) is 8.55. The molecule has 2 aromatic rings. The fraction of sp³-hybridized carbons (Fsp3) is 0.500. The quantitative estimate of drug-likeness (QED) is 0.159. The van der Waals surface area contributed by atoms with Gasteiger partial charge in [-0.05, 0) is 81.7 Å². The second-order valence-corrected chi connectivity index (χ2v) is 14.0. The van der Waals surface area contributed by atoms with Gasteiger partial charge in [0.05, 0.1) is 5.92 Å². The van der Waals surface area contributed by atoms with E-state index >= 15 is 0 Å². The van der Waals surface area contributed by atoms with Gasteiger partial charge >= 0.3 is 23.9 Å². The monoisotopic (exact) mass is 652 g/mol. The molecule has 5 aliphatic rings. The van der Waals surface area contributed by atoms with Gasteiger partial charge in [-0.15, -0.1) is 0 Å². The Morgan fingerprint density at radius 2 is 1.44 bits per heavy atom. The van der Waals surface area contributed by atoms with Gasteiger partial charge in [-0.1, -0.05) is 69.4 Å². The summed E-state index contributed by atoms with van der Waals surface area (Å²) in [7, 11) is 0. The third kappa shape index (κ3) is 4.85. The Balaban J connectivity index is 1.40. The molecule has 0 radical (unpaired) electrons.